The van der Waals surface area contributed by atoms with Gasteiger partial charge in [0, 0.05) is 0 Å². The summed E-state index contributed by atoms with van der Waals surface area (Å²) in [6.07, 6.45) is 3.38. The fourth-order valence-electron chi connectivity index (χ4n) is 1.91. The van der Waals surface area contributed by atoms with Gasteiger partial charge < -0.3 is 4.74 Å². The summed E-state index contributed by atoms with van der Waals surface area (Å²) in [6.45, 7) is 0.564. The number of hydrogen-bond donors (Lipinski definition) is 1. The van der Waals surface area contributed by atoms with Crippen molar-refractivity contribution < 1.29 is 18.7 Å². The zero-order valence-electron chi connectivity index (χ0n) is 10.9. The van der Waals surface area contributed by atoms with Crippen LogP contribution in [0.25, 0.3) is 0 Å². The Hall–Kier alpha value is -1.56. The van der Waals surface area contributed by atoms with Crippen molar-refractivity contribution >= 4 is 22.9 Å². The molecule has 1 saturated heterocycles. The lowest BCUT2D eigenvalue weighted by Crippen LogP contribution is -2.24. The van der Waals surface area contributed by atoms with E-state index in [4.69, 9.17) is 4.74 Å². The number of benzene rings is 1. The summed E-state index contributed by atoms with van der Waals surface area (Å²) < 4.78 is 18.1. The van der Waals surface area contributed by atoms with Gasteiger partial charge in [0.2, 0.25) is 5.91 Å². The summed E-state index contributed by atoms with van der Waals surface area (Å²) in [6, 6.07) is 5.92. The molecule has 2 rings (SSSR count). The monoisotopic (exact) mass is 297 g/mol. The predicted octanol–water partition coefficient (Wildman–Crippen LogP) is 3.12. The average molecular weight is 297 g/mol. The third-order valence-corrected chi connectivity index (χ3v) is 4.01. The molecule has 4 nitrogen and oxygen atoms in total. The molecule has 1 unspecified atom stereocenters. The number of nitrogens with one attached hydrogen (secondary N) is 1. The van der Waals surface area contributed by atoms with Crippen molar-refractivity contribution in [2.75, 3.05) is 6.61 Å². The highest BCUT2D eigenvalue weighted by molar-refractivity contribution is 8.15. The molecule has 0 radical (unpaired) electrons. The van der Waals surface area contributed by atoms with Gasteiger partial charge in [0.05, 0.1) is 11.9 Å². The van der Waals surface area contributed by atoms with Crippen molar-refractivity contribution in [2.24, 2.45) is 0 Å². The molecule has 1 heterocycles. The highest BCUT2D eigenvalue weighted by Crippen LogP contribution is 2.23. The number of ether oxygens (including phenoxy) is 1. The molecule has 1 N–H and O–H groups in total. The molecular weight excluding hydrogens is 281 g/mol. The van der Waals surface area contributed by atoms with Gasteiger partial charge in [-0.15, -0.1) is 0 Å². The normalized spacial score (nSPS) is 18.1. The van der Waals surface area contributed by atoms with Crippen LogP contribution in [0.3, 0.4) is 0 Å². The number of thioether (sulfide) groups is 1. The van der Waals surface area contributed by atoms with E-state index in [0.29, 0.717) is 18.8 Å². The van der Waals surface area contributed by atoms with Crippen LogP contribution in [-0.2, 0) is 4.79 Å². The van der Waals surface area contributed by atoms with Crippen molar-refractivity contribution in [1.29, 1.82) is 0 Å². The number of carbonyl (C=O) groups is 2. The minimum atomic E-state index is -0.278. The largest absolute Gasteiger partial charge is 0.494 e. The van der Waals surface area contributed by atoms with E-state index < -0.39 is 0 Å². The van der Waals surface area contributed by atoms with Crippen LogP contribution in [0.1, 0.15) is 25.7 Å². The second kappa shape index (κ2) is 7.28. The third kappa shape index (κ3) is 4.52. The Balaban J connectivity index is 1.55. The predicted molar refractivity (Wildman–Crippen MR) is 75.3 cm³/mol. The van der Waals surface area contributed by atoms with Crippen molar-refractivity contribution in [1.82, 2.24) is 5.32 Å². The SMILES string of the molecule is O=C1NC(=O)C(CCCCCOc2ccc(F)cc2)S1. The molecule has 1 atom stereocenters. The Labute approximate surface area is 121 Å². The molecule has 0 spiro atoms. The van der Waals surface area contributed by atoms with Gasteiger partial charge in [-0.05, 0) is 37.1 Å². The molecule has 108 valence electrons. The highest BCUT2D eigenvalue weighted by atomic mass is 32.2. The smallest absolute Gasteiger partial charge is 0.286 e. The summed E-state index contributed by atoms with van der Waals surface area (Å²) in [5, 5.41) is 1.79. The van der Waals surface area contributed by atoms with Crippen LogP contribution in [-0.4, -0.2) is 23.0 Å². The average Bonchev–Trinajstić information content (AvgIpc) is 2.74. The summed E-state index contributed by atoms with van der Waals surface area (Å²) in [5.74, 6) is 0.199. The summed E-state index contributed by atoms with van der Waals surface area (Å²) in [4.78, 5) is 22.3. The second-order valence-electron chi connectivity index (χ2n) is 4.53. The number of rotatable bonds is 7. The Bertz CT molecular complexity index is 478. The standard InChI is InChI=1S/C14H16FNO3S/c15-10-5-7-11(8-6-10)19-9-3-1-2-4-12-13(17)16-14(18)20-12/h5-8,12H,1-4,9H2,(H,16,17,18). The molecule has 2 amide bonds. The molecule has 1 aliphatic rings. The Morgan fingerprint density at radius 2 is 1.90 bits per heavy atom. The van der Waals surface area contributed by atoms with E-state index >= 15 is 0 Å². The van der Waals surface area contributed by atoms with Gasteiger partial charge >= 0.3 is 0 Å². The number of halogens is 1. The molecule has 0 aliphatic carbocycles. The fraction of sp³-hybridized carbons (Fsp3) is 0.429. The van der Waals surface area contributed by atoms with E-state index in [-0.39, 0.29) is 22.2 Å². The van der Waals surface area contributed by atoms with Gasteiger partial charge in [0.1, 0.15) is 11.6 Å². The summed E-state index contributed by atoms with van der Waals surface area (Å²) in [7, 11) is 0. The van der Waals surface area contributed by atoms with E-state index in [1.165, 1.54) is 12.1 Å². The zero-order valence-corrected chi connectivity index (χ0v) is 11.7. The summed E-state index contributed by atoms with van der Waals surface area (Å²) >= 11 is 1.07. The molecule has 0 saturated carbocycles. The topological polar surface area (TPSA) is 55.4 Å². The first-order valence-corrected chi connectivity index (χ1v) is 7.43. The maximum atomic E-state index is 12.7. The number of carbonyl (C=O) groups excluding carboxylic acids is 2. The second-order valence-corrected chi connectivity index (χ2v) is 5.71. The zero-order chi connectivity index (χ0) is 14.4. The number of imide groups is 1. The van der Waals surface area contributed by atoms with E-state index in [9.17, 15) is 14.0 Å². The van der Waals surface area contributed by atoms with Crippen molar-refractivity contribution in [3.63, 3.8) is 0 Å². The van der Waals surface area contributed by atoms with Crippen LogP contribution in [0.5, 0.6) is 5.75 Å². The van der Waals surface area contributed by atoms with Crippen LogP contribution in [0.2, 0.25) is 0 Å². The molecule has 1 aromatic rings. The van der Waals surface area contributed by atoms with Crippen molar-refractivity contribution in [2.45, 2.75) is 30.9 Å². The van der Waals surface area contributed by atoms with Crippen LogP contribution in [0.4, 0.5) is 9.18 Å². The Morgan fingerprint density at radius 1 is 1.15 bits per heavy atom. The lowest BCUT2D eigenvalue weighted by atomic mass is 10.1. The first kappa shape index (κ1) is 14.8. The molecule has 0 bridgehead atoms. The molecule has 1 aromatic carbocycles. The van der Waals surface area contributed by atoms with Crippen molar-refractivity contribution in [3.05, 3.63) is 30.1 Å². The first-order chi connectivity index (χ1) is 9.65. The van der Waals surface area contributed by atoms with Crippen LogP contribution >= 0.6 is 11.8 Å². The fourth-order valence-corrected chi connectivity index (χ4v) is 2.78. The third-order valence-electron chi connectivity index (χ3n) is 2.96. The first-order valence-electron chi connectivity index (χ1n) is 6.55. The van der Waals surface area contributed by atoms with E-state index in [2.05, 4.69) is 5.32 Å². The number of amides is 2. The molecule has 0 aromatic heterocycles. The van der Waals surface area contributed by atoms with E-state index in [0.717, 1.165) is 31.0 Å². The van der Waals surface area contributed by atoms with Gasteiger partial charge in [-0.1, -0.05) is 24.6 Å². The van der Waals surface area contributed by atoms with Gasteiger partial charge in [-0.25, -0.2) is 4.39 Å². The molecule has 1 fully saturated rings. The van der Waals surface area contributed by atoms with Crippen molar-refractivity contribution in [3.8, 4) is 5.75 Å². The number of hydrogen-bond acceptors (Lipinski definition) is 4. The van der Waals surface area contributed by atoms with Gasteiger partial charge in [0.15, 0.2) is 0 Å². The highest BCUT2D eigenvalue weighted by Gasteiger charge is 2.30. The van der Waals surface area contributed by atoms with Gasteiger partial charge in [-0.2, -0.15) is 0 Å². The van der Waals surface area contributed by atoms with Gasteiger partial charge in [-0.3, -0.25) is 14.9 Å². The van der Waals surface area contributed by atoms with Crippen LogP contribution < -0.4 is 10.1 Å². The molecule has 1 aliphatic heterocycles. The van der Waals surface area contributed by atoms with Crippen LogP contribution in [0.15, 0.2) is 24.3 Å². The summed E-state index contributed by atoms with van der Waals surface area (Å²) in [5.41, 5.74) is 0. The molecule has 6 heteroatoms. The Morgan fingerprint density at radius 3 is 2.55 bits per heavy atom. The van der Waals surface area contributed by atoms with E-state index in [1.54, 1.807) is 12.1 Å². The quantitative estimate of drug-likeness (QED) is 0.786. The van der Waals surface area contributed by atoms with Crippen LogP contribution in [0, 0.1) is 5.82 Å². The number of unbranched alkanes of at least 4 members (excludes halogenated alkanes) is 2. The molecular formula is C14H16FNO3S. The Kier molecular flexibility index (Phi) is 5.40. The minimum absolute atomic E-state index is 0.178. The maximum Gasteiger partial charge on any atom is 0.286 e. The lowest BCUT2D eigenvalue weighted by molar-refractivity contribution is -0.119. The van der Waals surface area contributed by atoms with Gasteiger partial charge in [0.25, 0.3) is 5.24 Å². The minimum Gasteiger partial charge on any atom is -0.494 e. The van der Waals surface area contributed by atoms with E-state index in [1.807, 2.05) is 0 Å². The maximum absolute atomic E-state index is 12.7. The molecule has 20 heavy (non-hydrogen) atoms. The lowest BCUT2D eigenvalue weighted by Gasteiger charge is -2.07.